The number of hydrogen-bond donors (Lipinski definition) is 1. The molecule has 1 N–H and O–H groups in total. The summed E-state index contributed by atoms with van der Waals surface area (Å²) >= 11 is 1.79. The molecule has 3 atom stereocenters. The third kappa shape index (κ3) is 7.69. The lowest BCUT2D eigenvalue weighted by Gasteiger charge is -2.40. The van der Waals surface area contributed by atoms with E-state index >= 15 is 4.39 Å². The number of fused-ring (bicyclic) bond motifs is 4. The van der Waals surface area contributed by atoms with Crippen LogP contribution in [0.1, 0.15) is 99.5 Å². The minimum absolute atomic E-state index is 0.00638. The van der Waals surface area contributed by atoms with E-state index in [9.17, 15) is 9.50 Å². The standard InChI is InChI=1S/C51H55F2N7O2S/c1-30-32(3)63-51-47(30)49(54-31(2)50-56-55-33(4)60(50)51)36-8-13-39(14-9-36)58-20-18-34(19-21-58)29-57-22-24-59(25-23-57)45-28-46(62-5)43(27-44(45)53)48-41(35-6-11-38(52)12-7-35)16-10-37-26-40(61)15-17-42(37)48/h6-9,11-15,17,26-28,31,34,41,48,61H,10,16,18-25,29H2,1-5H3/t31-,41+,48-/m0/s1. The number of rotatable bonds is 8. The second-order valence-electron chi connectivity index (χ2n) is 17.9. The molecule has 0 saturated carbocycles. The number of benzene rings is 4. The van der Waals surface area contributed by atoms with Gasteiger partial charge in [0.15, 0.2) is 5.82 Å². The quantitative estimate of drug-likeness (QED) is 0.163. The minimum atomic E-state index is -0.282. The Morgan fingerprint density at radius 2 is 1.56 bits per heavy atom. The second-order valence-corrected chi connectivity index (χ2v) is 19.1. The number of aliphatic imine (C=N–C) groups is 1. The lowest BCUT2D eigenvalue weighted by atomic mass is 9.69. The lowest BCUT2D eigenvalue weighted by Crippen LogP contribution is -2.49. The SMILES string of the molecule is COc1cc(N2CCN(CC3CCN(c4ccc(C5=N[C@@H](C)c6nnc(C)n6-c6sc(C)c(C)c65)cc4)CC3)CC2)c(F)cc1[C@@H]1c2ccc(O)cc2CC[C@@H]1c1ccc(F)cc1. The third-order valence-electron chi connectivity index (χ3n) is 14.2. The van der Waals surface area contributed by atoms with Crippen LogP contribution in [0.3, 0.4) is 0 Å². The molecule has 0 radical (unpaired) electrons. The first-order valence-electron chi connectivity index (χ1n) is 22.4. The zero-order valence-electron chi connectivity index (χ0n) is 36.7. The Hall–Kier alpha value is -5.59. The molecule has 3 aliphatic heterocycles. The van der Waals surface area contributed by atoms with Crippen molar-refractivity contribution >= 4 is 28.4 Å². The van der Waals surface area contributed by atoms with Crippen LogP contribution in [-0.4, -0.2) is 83.4 Å². The number of aromatic nitrogens is 3. The summed E-state index contributed by atoms with van der Waals surface area (Å²) in [5, 5.41) is 20.4. The maximum atomic E-state index is 16.4. The van der Waals surface area contributed by atoms with Crippen molar-refractivity contribution in [3.63, 3.8) is 0 Å². The summed E-state index contributed by atoms with van der Waals surface area (Å²) in [5.41, 5.74) is 10.3. The summed E-state index contributed by atoms with van der Waals surface area (Å²) in [6.45, 7) is 14.8. The van der Waals surface area contributed by atoms with Crippen LogP contribution in [0, 0.1) is 38.3 Å². The van der Waals surface area contributed by atoms with Crippen molar-refractivity contribution in [2.75, 3.05) is 62.7 Å². The molecule has 9 nitrogen and oxygen atoms in total. The van der Waals surface area contributed by atoms with Gasteiger partial charge in [0.25, 0.3) is 0 Å². The van der Waals surface area contributed by atoms with E-state index in [1.165, 1.54) is 33.8 Å². The molecule has 2 saturated heterocycles. The van der Waals surface area contributed by atoms with Crippen LogP contribution < -0.4 is 14.5 Å². The number of nitrogens with zero attached hydrogens (tertiary/aromatic N) is 7. The Morgan fingerprint density at radius 1 is 0.810 bits per heavy atom. The highest BCUT2D eigenvalue weighted by molar-refractivity contribution is 7.15. The first-order valence-corrected chi connectivity index (χ1v) is 23.2. The maximum Gasteiger partial charge on any atom is 0.162 e. The van der Waals surface area contributed by atoms with Crippen LogP contribution in [0.4, 0.5) is 20.2 Å². The Bertz CT molecular complexity index is 2680. The van der Waals surface area contributed by atoms with Crippen LogP contribution in [-0.2, 0) is 6.42 Å². The van der Waals surface area contributed by atoms with E-state index in [4.69, 9.17) is 9.73 Å². The van der Waals surface area contributed by atoms with Gasteiger partial charge in [0.1, 0.15) is 40.0 Å². The van der Waals surface area contributed by atoms with E-state index in [2.05, 4.69) is 74.5 Å². The van der Waals surface area contributed by atoms with Crippen molar-refractivity contribution in [1.29, 1.82) is 0 Å². The van der Waals surface area contributed by atoms with Crippen LogP contribution in [0.25, 0.3) is 5.00 Å². The molecule has 0 unspecified atom stereocenters. The minimum Gasteiger partial charge on any atom is -0.508 e. The van der Waals surface area contributed by atoms with E-state index in [1.807, 2.05) is 37.3 Å². The molecule has 326 valence electrons. The van der Waals surface area contributed by atoms with Gasteiger partial charge in [-0.15, -0.1) is 21.5 Å². The Morgan fingerprint density at radius 3 is 2.29 bits per heavy atom. The summed E-state index contributed by atoms with van der Waals surface area (Å²) in [5.74, 6) is 2.48. The zero-order chi connectivity index (χ0) is 43.5. The van der Waals surface area contributed by atoms with E-state index in [1.54, 1.807) is 30.6 Å². The van der Waals surface area contributed by atoms with Gasteiger partial charge in [0, 0.05) is 85.1 Å². The van der Waals surface area contributed by atoms with Crippen LogP contribution in [0.2, 0.25) is 0 Å². The van der Waals surface area contributed by atoms with Crippen molar-refractivity contribution in [3.8, 4) is 16.5 Å². The van der Waals surface area contributed by atoms with Crippen LogP contribution in [0.15, 0.2) is 83.9 Å². The first kappa shape index (κ1) is 41.4. The zero-order valence-corrected chi connectivity index (χ0v) is 37.6. The van der Waals surface area contributed by atoms with E-state index in [-0.39, 0.29) is 35.3 Å². The number of hydrogen-bond acceptors (Lipinski definition) is 9. The van der Waals surface area contributed by atoms with Gasteiger partial charge in [-0.25, -0.2) is 8.78 Å². The number of ether oxygens (including phenoxy) is 1. The van der Waals surface area contributed by atoms with Gasteiger partial charge >= 0.3 is 0 Å². The highest BCUT2D eigenvalue weighted by atomic mass is 32.1. The van der Waals surface area contributed by atoms with E-state index < -0.39 is 0 Å². The number of halogens is 2. The molecule has 5 heterocycles. The van der Waals surface area contributed by atoms with Crippen molar-refractivity contribution in [2.45, 2.75) is 71.3 Å². The smallest absolute Gasteiger partial charge is 0.162 e. The van der Waals surface area contributed by atoms with Crippen LogP contribution in [0.5, 0.6) is 11.5 Å². The number of piperazine rings is 1. The van der Waals surface area contributed by atoms with Gasteiger partial charge in [0.2, 0.25) is 0 Å². The van der Waals surface area contributed by atoms with Gasteiger partial charge < -0.3 is 19.6 Å². The average Bonchev–Trinajstić information content (AvgIpc) is 3.79. The van der Waals surface area contributed by atoms with Crippen molar-refractivity contribution < 1.29 is 18.6 Å². The molecular formula is C51H55F2N7O2S. The van der Waals surface area contributed by atoms with Gasteiger partial charge in [-0.2, -0.15) is 0 Å². The molecule has 0 amide bonds. The maximum absolute atomic E-state index is 16.4. The van der Waals surface area contributed by atoms with E-state index in [0.717, 1.165) is 122 Å². The summed E-state index contributed by atoms with van der Waals surface area (Å²) in [6, 6.07) is 24.5. The fourth-order valence-electron chi connectivity index (χ4n) is 10.7. The molecule has 12 heteroatoms. The molecule has 2 fully saturated rings. The van der Waals surface area contributed by atoms with Crippen molar-refractivity contribution in [1.82, 2.24) is 19.7 Å². The molecular weight excluding hydrogens is 813 g/mol. The predicted molar refractivity (Wildman–Crippen MR) is 248 cm³/mol. The molecule has 63 heavy (non-hydrogen) atoms. The molecule has 4 aliphatic rings. The van der Waals surface area contributed by atoms with E-state index in [0.29, 0.717) is 17.4 Å². The van der Waals surface area contributed by atoms with Crippen molar-refractivity contribution in [3.05, 3.63) is 146 Å². The van der Waals surface area contributed by atoms with Gasteiger partial charge in [-0.3, -0.25) is 14.5 Å². The number of anilines is 2. The summed E-state index contributed by atoms with van der Waals surface area (Å²) < 4.78 is 38.7. The normalized spacial score (nSPS) is 20.5. The molecule has 0 bridgehead atoms. The Balaban J connectivity index is 0.779. The molecule has 0 spiro atoms. The van der Waals surface area contributed by atoms with Gasteiger partial charge in [-0.05, 0) is 130 Å². The summed E-state index contributed by atoms with van der Waals surface area (Å²) in [6.07, 6.45) is 3.83. The molecule has 6 aromatic rings. The summed E-state index contributed by atoms with van der Waals surface area (Å²) in [7, 11) is 1.65. The van der Waals surface area contributed by atoms with Crippen LogP contribution >= 0.6 is 11.3 Å². The largest absolute Gasteiger partial charge is 0.508 e. The highest BCUT2D eigenvalue weighted by Crippen LogP contribution is 2.50. The Labute approximate surface area is 372 Å². The Kier molecular flexibility index (Phi) is 11.1. The number of aromatic hydroxyl groups is 1. The highest BCUT2D eigenvalue weighted by Gasteiger charge is 2.36. The molecule has 10 rings (SSSR count). The predicted octanol–water partition coefficient (Wildman–Crippen LogP) is 10.1. The monoisotopic (exact) mass is 867 g/mol. The van der Waals surface area contributed by atoms with Gasteiger partial charge in [-0.1, -0.05) is 30.3 Å². The third-order valence-corrected chi connectivity index (χ3v) is 15.4. The molecule has 4 aromatic carbocycles. The molecule has 1 aliphatic carbocycles. The first-order chi connectivity index (χ1) is 30.5. The number of aryl methyl sites for hydroxylation is 3. The summed E-state index contributed by atoms with van der Waals surface area (Å²) in [4.78, 5) is 13.8. The fourth-order valence-corrected chi connectivity index (χ4v) is 11.9. The fraction of sp³-hybridized carbons (Fsp3) is 0.392. The second kappa shape index (κ2) is 16.8. The number of methoxy groups -OCH3 is 1. The van der Waals surface area contributed by atoms with Crippen molar-refractivity contribution in [2.24, 2.45) is 10.9 Å². The number of thiophene rings is 1. The molecule has 2 aromatic heterocycles. The number of phenols is 1. The van der Waals surface area contributed by atoms with Gasteiger partial charge in [0.05, 0.1) is 18.5 Å². The number of phenolic OH excluding ortho intramolecular Hbond substituents is 1. The lowest BCUT2D eigenvalue weighted by molar-refractivity contribution is 0.201. The number of piperidine rings is 1. The average molecular weight is 868 g/mol. The topological polar surface area (TPSA) is 82.2 Å².